The van der Waals surface area contributed by atoms with Crippen LogP contribution in [0.1, 0.15) is 32.6 Å². The Hall–Kier alpha value is -1.78. The van der Waals surface area contributed by atoms with Gasteiger partial charge in [-0.3, -0.25) is 0 Å². The summed E-state index contributed by atoms with van der Waals surface area (Å²) in [7, 11) is -1.48. The Balaban J connectivity index is 2.17. The Morgan fingerprint density at radius 1 is 0.955 bits per heavy atom. The van der Waals surface area contributed by atoms with Crippen LogP contribution in [-0.2, 0) is 0 Å². The third-order valence-electron chi connectivity index (χ3n) is 3.64. The van der Waals surface area contributed by atoms with E-state index in [1.54, 1.807) is 12.1 Å². The van der Waals surface area contributed by atoms with Crippen LogP contribution in [0.5, 0.6) is 5.75 Å². The highest BCUT2D eigenvalue weighted by molar-refractivity contribution is 6.58. The predicted octanol–water partition coefficient (Wildman–Crippen LogP) is 2.99. The molecule has 0 unspecified atom stereocenters. The van der Waals surface area contributed by atoms with E-state index >= 15 is 0 Å². The van der Waals surface area contributed by atoms with Gasteiger partial charge in [0.1, 0.15) is 5.75 Å². The smallest absolute Gasteiger partial charge is 0.488 e. The molecule has 4 heteroatoms. The first-order valence-corrected chi connectivity index (χ1v) is 7.90. The summed E-state index contributed by atoms with van der Waals surface area (Å²) in [5.41, 5.74) is 2.48. The van der Waals surface area contributed by atoms with Gasteiger partial charge in [0, 0.05) is 5.56 Å². The monoisotopic (exact) mass is 298 g/mol. The van der Waals surface area contributed by atoms with Crippen LogP contribution in [0.3, 0.4) is 0 Å². The Morgan fingerprint density at radius 3 is 2.41 bits per heavy atom. The lowest BCUT2D eigenvalue weighted by molar-refractivity contribution is 0.306. The van der Waals surface area contributed by atoms with E-state index in [2.05, 4.69) is 6.92 Å². The standard InChI is InChI=1S/C18H23BO3/c1-2-3-4-8-13-22-18-14-16(19(20)21)11-12-17(18)15-9-6-5-7-10-15/h5-7,9-12,14,20-21H,2-4,8,13H2,1H3. The molecule has 0 bridgehead atoms. The minimum atomic E-state index is -1.48. The molecular weight excluding hydrogens is 275 g/mol. The average molecular weight is 298 g/mol. The Labute approximate surface area is 132 Å². The maximum absolute atomic E-state index is 9.35. The van der Waals surface area contributed by atoms with Gasteiger partial charge in [-0.15, -0.1) is 0 Å². The molecule has 116 valence electrons. The van der Waals surface area contributed by atoms with Crippen molar-refractivity contribution in [3.05, 3.63) is 48.5 Å². The van der Waals surface area contributed by atoms with Crippen molar-refractivity contribution in [2.75, 3.05) is 6.61 Å². The second kappa shape index (κ2) is 8.62. The SMILES string of the molecule is CCCCCCOc1cc(B(O)O)ccc1-c1ccccc1. The van der Waals surface area contributed by atoms with Gasteiger partial charge in [-0.25, -0.2) is 0 Å². The van der Waals surface area contributed by atoms with Crippen molar-refractivity contribution in [3.8, 4) is 16.9 Å². The molecule has 0 spiro atoms. The summed E-state index contributed by atoms with van der Waals surface area (Å²) in [5, 5.41) is 18.7. The van der Waals surface area contributed by atoms with E-state index in [0.29, 0.717) is 17.8 Å². The molecule has 22 heavy (non-hydrogen) atoms. The number of hydrogen-bond acceptors (Lipinski definition) is 3. The molecule has 2 rings (SSSR count). The first-order valence-electron chi connectivity index (χ1n) is 7.90. The van der Waals surface area contributed by atoms with Crippen LogP contribution >= 0.6 is 0 Å². The van der Waals surface area contributed by atoms with E-state index in [1.165, 1.54) is 12.8 Å². The molecule has 3 nitrogen and oxygen atoms in total. The summed E-state index contributed by atoms with van der Waals surface area (Å²) >= 11 is 0. The molecule has 0 heterocycles. The first kappa shape index (κ1) is 16.6. The van der Waals surface area contributed by atoms with Crippen LogP contribution in [0.4, 0.5) is 0 Å². The van der Waals surface area contributed by atoms with Gasteiger partial charge in [-0.1, -0.05) is 68.7 Å². The first-order chi connectivity index (χ1) is 10.7. The highest BCUT2D eigenvalue weighted by Crippen LogP contribution is 2.29. The van der Waals surface area contributed by atoms with Gasteiger partial charge >= 0.3 is 7.12 Å². The highest BCUT2D eigenvalue weighted by atomic mass is 16.5. The zero-order valence-corrected chi connectivity index (χ0v) is 13.0. The van der Waals surface area contributed by atoms with Crippen molar-refractivity contribution in [3.63, 3.8) is 0 Å². The zero-order valence-electron chi connectivity index (χ0n) is 13.0. The maximum Gasteiger partial charge on any atom is 0.488 e. The van der Waals surface area contributed by atoms with Gasteiger partial charge in [-0.05, 0) is 23.5 Å². The van der Waals surface area contributed by atoms with Gasteiger partial charge in [0.2, 0.25) is 0 Å². The van der Waals surface area contributed by atoms with E-state index in [4.69, 9.17) is 4.74 Å². The van der Waals surface area contributed by atoms with E-state index in [-0.39, 0.29) is 0 Å². The molecular formula is C18H23BO3. The van der Waals surface area contributed by atoms with Gasteiger partial charge in [-0.2, -0.15) is 0 Å². The van der Waals surface area contributed by atoms with Crippen LogP contribution in [0, 0.1) is 0 Å². The number of ether oxygens (including phenoxy) is 1. The molecule has 0 fully saturated rings. The molecule has 2 aromatic carbocycles. The fourth-order valence-electron chi connectivity index (χ4n) is 2.39. The largest absolute Gasteiger partial charge is 0.493 e. The molecule has 0 aromatic heterocycles. The molecule has 0 atom stereocenters. The molecule has 2 N–H and O–H groups in total. The van der Waals surface area contributed by atoms with E-state index in [1.807, 2.05) is 36.4 Å². The average Bonchev–Trinajstić information content (AvgIpc) is 2.55. The quantitative estimate of drug-likeness (QED) is 0.582. The van der Waals surface area contributed by atoms with Crippen LogP contribution in [0.15, 0.2) is 48.5 Å². The number of rotatable bonds is 8. The zero-order chi connectivity index (χ0) is 15.8. The number of unbranched alkanes of at least 4 members (excludes halogenated alkanes) is 3. The van der Waals surface area contributed by atoms with Crippen molar-refractivity contribution in [2.45, 2.75) is 32.6 Å². The summed E-state index contributed by atoms with van der Waals surface area (Å²) in [6.45, 7) is 2.82. The normalized spacial score (nSPS) is 10.5. The van der Waals surface area contributed by atoms with Gasteiger partial charge in [0.25, 0.3) is 0 Å². The fraction of sp³-hybridized carbons (Fsp3) is 0.333. The molecule has 0 amide bonds. The number of benzene rings is 2. The molecule has 0 saturated heterocycles. The summed E-state index contributed by atoms with van der Waals surface area (Å²) in [6, 6.07) is 15.3. The van der Waals surface area contributed by atoms with Crippen LogP contribution in [0.2, 0.25) is 0 Å². The topological polar surface area (TPSA) is 49.7 Å². The summed E-state index contributed by atoms with van der Waals surface area (Å²) in [4.78, 5) is 0. The van der Waals surface area contributed by atoms with Gasteiger partial charge in [0.15, 0.2) is 0 Å². The lowest BCUT2D eigenvalue weighted by Gasteiger charge is -2.13. The molecule has 0 radical (unpaired) electrons. The van der Waals surface area contributed by atoms with E-state index in [0.717, 1.165) is 24.0 Å². The molecule has 0 aliphatic carbocycles. The van der Waals surface area contributed by atoms with Gasteiger partial charge < -0.3 is 14.8 Å². The Bertz CT molecular complexity index is 570. The van der Waals surface area contributed by atoms with Crippen molar-refractivity contribution in [1.82, 2.24) is 0 Å². The molecule has 2 aromatic rings. The van der Waals surface area contributed by atoms with Crippen LogP contribution < -0.4 is 10.2 Å². The summed E-state index contributed by atoms with van der Waals surface area (Å²) in [5.74, 6) is 0.702. The molecule has 0 aliphatic heterocycles. The predicted molar refractivity (Wildman–Crippen MR) is 91.3 cm³/mol. The molecule has 0 saturated carbocycles. The van der Waals surface area contributed by atoms with Crippen molar-refractivity contribution in [1.29, 1.82) is 0 Å². The second-order valence-electron chi connectivity index (χ2n) is 5.40. The van der Waals surface area contributed by atoms with Gasteiger partial charge in [0.05, 0.1) is 6.61 Å². The highest BCUT2D eigenvalue weighted by Gasteiger charge is 2.15. The van der Waals surface area contributed by atoms with Crippen molar-refractivity contribution in [2.24, 2.45) is 0 Å². The summed E-state index contributed by atoms with van der Waals surface area (Å²) in [6.07, 6.45) is 4.57. The lowest BCUT2D eigenvalue weighted by atomic mass is 9.79. The fourth-order valence-corrected chi connectivity index (χ4v) is 2.39. The van der Waals surface area contributed by atoms with Crippen LogP contribution in [-0.4, -0.2) is 23.8 Å². The van der Waals surface area contributed by atoms with Crippen molar-refractivity contribution < 1.29 is 14.8 Å². The summed E-state index contributed by atoms with van der Waals surface area (Å²) < 4.78 is 5.91. The van der Waals surface area contributed by atoms with Crippen LogP contribution in [0.25, 0.3) is 11.1 Å². The number of hydrogen-bond donors (Lipinski definition) is 2. The minimum absolute atomic E-state index is 0.447. The second-order valence-corrected chi connectivity index (χ2v) is 5.40. The lowest BCUT2D eigenvalue weighted by Crippen LogP contribution is -2.29. The Kier molecular flexibility index (Phi) is 6.50. The molecule has 0 aliphatic rings. The minimum Gasteiger partial charge on any atom is -0.493 e. The van der Waals surface area contributed by atoms with E-state index in [9.17, 15) is 10.0 Å². The van der Waals surface area contributed by atoms with Crippen molar-refractivity contribution >= 4 is 12.6 Å². The Morgan fingerprint density at radius 2 is 1.73 bits per heavy atom. The van der Waals surface area contributed by atoms with E-state index < -0.39 is 7.12 Å². The maximum atomic E-state index is 9.35. The third kappa shape index (κ3) is 4.62. The third-order valence-corrected chi connectivity index (χ3v) is 3.64.